The highest BCUT2D eigenvalue weighted by atomic mass is 32.2. The van der Waals surface area contributed by atoms with Crippen LogP contribution in [0.3, 0.4) is 0 Å². The van der Waals surface area contributed by atoms with Crippen molar-refractivity contribution >= 4 is 32.8 Å². The van der Waals surface area contributed by atoms with Gasteiger partial charge in [0, 0.05) is 49.5 Å². The third-order valence-electron chi connectivity index (χ3n) is 7.55. The molecule has 1 aromatic carbocycles. The van der Waals surface area contributed by atoms with Crippen LogP contribution in [-0.2, 0) is 19.6 Å². The Hall–Kier alpha value is -3.83. The number of hydrogen-bond acceptors (Lipinski definition) is 8. The Balaban J connectivity index is 1.49. The van der Waals surface area contributed by atoms with Crippen molar-refractivity contribution in [3.63, 3.8) is 0 Å². The van der Waals surface area contributed by atoms with Crippen molar-refractivity contribution < 1.29 is 17.9 Å². The zero-order valence-corrected chi connectivity index (χ0v) is 22.9. The van der Waals surface area contributed by atoms with E-state index in [1.165, 1.54) is 10.2 Å². The predicted octanol–water partition coefficient (Wildman–Crippen LogP) is 3.21. The van der Waals surface area contributed by atoms with Gasteiger partial charge in [-0.05, 0) is 44.5 Å². The fraction of sp³-hybridized carbons (Fsp3) is 0.357. The van der Waals surface area contributed by atoms with Crippen molar-refractivity contribution in [3.8, 4) is 11.4 Å². The number of benzene rings is 1. The monoisotopic (exact) mass is 546 g/mol. The first-order valence-corrected chi connectivity index (χ1v) is 14.4. The van der Waals surface area contributed by atoms with E-state index in [1.807, 2.05) is 13.0 Å². The van der Waals surface area contributed by atoms with Gasteiger partial charge in [0.1, 0.15) is 5.82 Å². The molecule has 202 valence electrons. The van der Waals surface area contributed by atoms with Crippen LogP contribution in [0, 0.1) is 6.92 Å². The van der Waals surface area contributed by atoms with Gasteiger partial charge in [-0.15, -0.1) is 0 Å². The molecule has 1 unspecified atom stereocenters. The molecule has 0 saturated carbocycles. The average Bonchev–Trinajstić information content (AvgIpc) is 3.52. The average molecular weight is 547 g/mol. The van der Waals surface area contributed by atoms with E-state index in [2.05, 4.69) is 16.8 Å². The van der Waals surface area contributed by atoms with Gasteiger partial charge in [0.05, 0.1) is 35.8 Å². The number of rotatable bonds is 5. The van der Waals surface area contributed by atoms with Crippen LogP contribution in [0.2, 0.25) is 0 Å². The number of aryl methyl sites for hydroxylation is 1. The highest BCUT2D eigenvalue weighted by molar-refractivity contribution is 7.90. The highest BCUT2D eigenvalue weighted by Gasteiger charge is 2.33. The molecule has 2 atom stereocenters. The molecule has 6 rings (SSSR count). The molecular weight excluding hydrogens is 516 g/mol. The van der Waals surface area contributed by atoms with Gasteiger partial charge in [0.2, 0.25) is 5.91 Å². The minimum atomic E-state index is -3.86. The SMILES string of the molecule is Cc1ccc(S(=O)(=O)n2ccc3c(-c4nc(C5CCN(C)C5=O)cc(N5CCOC[C@H]5C)n4)ccnc32)cc1. The van der Waals surface area contributed by atoms with Crippen molar-refractivity contribution in [2.24, 2.45) is 0 Å². The first kappa shape index (κ1) is 25.4. The normalized spacial score (nSPS) is 20.2. The molecule has 0 N–H and O–H groups in total. The zero-order valence-electron chi connectivity index (χ0n) is 22.1. The molecule has 0 radical (unpaired) electrons. The van der Waals surface area contributed by atoms with Crippen molar-refractivity contribution in [3.05, 3.63) is 66.1 Å². The van der Waals surface area contributed by atoms with Crippen LogP contribution < -0.4 is 4.90 Å². The van der Waals surface area contributed by atoms with Gasteiger partial charge in [-0.3, -0.25) is 4.79 Å². The summed E-state index contributed by atoms with van der Waals surface area (Å²) >= 11 is 0. The van der Waals surface area contributed by atoms with Crippen LogP contribution in [0.5, 0.6) is 0 Å². The Morgan fingerprint density at radius 1 is 1.05 bits per heavy atom. The van der Waals surface area contributed by atoms with E-state index in [0.29, 0.717) is 60.8 Å². The van der Waals surface area contributed by atoms with Crippen LogP contribution in [-0.4, -0.2) is 77.5 Å². The lowest BCUT2D eigenvalue weighted by molar-refractivity contribution is -0.127. The molecule has 1 amide bonds. The van der Waals surface area contributed by atoms with E-state index >= 15 is 0 Å². The summed E-state index contributed by atoms with van der Waals surface area (Å²) < 4.78 is 33.8. The lowest BCUT2D eigenvalue weighted by atomic mass is 10.0. The Morgan fingerprint density at radius 2 is 1.85 bits per heavy atom. The lowest BCUT2D eigenvalue weighted by Crippen LogP contribution is -2.44. The summed E-state index contributed by atoms with van der Waals surface area (Å²) in [5, 5.41) is 0.612. The largest absolute Gasteiger partial charge is 0.377 e. The highest BCUT2D eigenvalue weighted by Crippen LogP contribution is 2.34. The summed E-state index contributed by atoms with van der Waals surface area (Å²) in [5.74, 6) is 0.845. The maximum absolute atomic E-state index is 13.5. The fourth-order valence-electron chi connectivity index (χ4n) is 5.29. The van der Waals surface area contributed by atoms with Gasteiger partial charge in [-0.1, -0.05) is 17.7 Å². The van der Waals surface area contributed by atoms with Gasteiger partial charge >= 0.3 is 0 Å². The number of fused-ring (bicyclic) bond motifs is 1. The van der Waals surface area contributed by atoms with E-state index in [4.69, 9.17) is 14.7 Å². The molecule has 2 aliphatic rings. The van der Waals surface area contributed by atoms with Gasteiger partial charge in [0.15, 0.2) is 11.5 Å². The lowest BCUT2D eigenvalue weighted by Gasteiger charge is -2.34. The number of carbonyl (C=O) groups excluding carboxylic acids is 1. The standard InChI is InChI=1S/C28H30N6O4S/c1-18-4-6-20(7-5-18)39(36,37)34-13-10-22-21(8-11-29-27(22)34)26-30-24(23-9-12-32(3)28(23)35)16-25(31-26)33-14-15-38-17-19(33)2/h4-8,10-11,13,16,19,23H,9,12,14-15,17H2,1-3H3/t19-,23?/m1/s1. The third-order valence-corrected chi connectivity index (χ3v) is 9.23. The number of nitrogens with zero attached hydrogens (tertiary/aromatic N) is 6. The van der Waals surface area contributed by atoms with E-state index in [9.17, 15) is 13.2 Å². The summed E-state index contributed by atoms with van der Waals surface area (Å²) in [6, 6.07) is 12.3. The summed E-state index contributed by atoms with van der Waals surface area (Å²) in [7, 11) is -2.06. The van der Waals surface area contributed by atoms with Crippen LogP contribution in [0.4, 0.5) is 5.82 Å². The van der Waals surface area contributed by atoms with E-state index < -0.39 is 10.0 Å². The fourth-order valence-corrected chi connectivity index (χ4v) is 6.59. The number of amides is 1. The summed E-state index contributed by atoms with van der Waals surface area (Å²) in [4.78, 5) is 31.3. The number of anilines is 1. The van der Waals surface area contributed by atoms with Crippen molar-refractivity contribution in [2.45, 2.75) is 37.1 Å². The Morgan fingerprint density at radius 3 is 2.56 bits per heavy atom. The van der Waals surface area contributed by atoms with Crippen molar-refractivity contribution in [2.75, 3.05) is 38.3 Å². The quantitative estimate of drug-likeness (QED) is 0.375. The minimum Gasteiger partial charge on any atom is -0.377 e. The number of pyridine rings is 1. The van der Waals surface area contributed by atoms with Crippen LogP contribution in [0.15, 0.2) is 59.8 Å². The Bertz CT molecular complexity index is 1670. The van der Waals surface area contributed by atoms with Crippen LogP contribution in [0.25, 0.3) is 22.4 Å². The van der Waals surface area contributed by atoms with Gasteiger partial charge in [0.25, 0.3) is 10.0 Å². The smallest absolute Gasteiger partial charge is 0.269 e. The maximum atomic E-state index is 13.5. The first-order chi connectivity index (χ1) is 18.7. The second kappa shape index (κ2) is 9.73. The topological polar surface area (TPSA) is 111 Å². The number of morpholine rings is 1. The molecule has 0 aliphatic carbocycles. The van der Waals surface area contributed by atoms with Crippen molar-refractivity contribution in [1.82, 2.24) is 23.8 Å². The number of aromatic nitrogens is 4. The van der Waals surface area contributed by atoms with Gasteiger partial charge in [-0.25, -0.2) is 27.3 Å². The molecule has 0 bridgehead atoms. The molecule has 4 aromatic rings. The third kappa shape index (κ3) is 4.45. The molecule has 2 fully saturated rings. The Kier molecular flexibility index (Phi) is 6.35. The van der Waals surface area contributed by atoms with Crippen LogP contribution >= 0.6 is 0 Å². The van der Waals surface area contributed by atoms with Gasteiger partial charge in [-0.2, -0.15) is 0 Å². The number of likely N-dealkylation sites (N-methyl/N-ethyl adjacent to an activating group) is 1. The number of carbonyl (C=O) groups is 1. The maximum Gasteiger partial charge on any atom is 0.269 e. The molecule has 3 aromatic heterocycles. The van der Waals surface area contributed by atoms with Crippen LogP contribution in [0.1, 0.15) is 30.5 Å². The minimum absolute atomic E-state index is 0.0378. The number of ether oxygens (including phenoxy) is 1. The molecule has 11 heteroatoms. The molecule has 2 saturated heterocycles. The predicted molar refractivity (Wildman–Crippen MR) is 147 cm³/mol. The zero-order chi connectivity index (χ0) is 27.3. The van der Waals surface area contributed by atoms with E-state index in [-0.39, 0.29) is 22.8 Å². The molecule has 2 aliphatic heterocycles. The Labute approximate surface area is 227 Å². The number of hydrogen-bond donors (Lipinski definition) is 0. The van der Waals surface area contributed by atoms with E-state index in [1.54, 1.807) is 54.5 Å². The molecule has 5 heterocycles. The molecular formula is C28H30N6O4S. The molecule has 0 spiro atoms. The molecule has 10 nitrogen and oxygen atoms in total. The summed E-state index contributed by atoms with van der Waals surface area (Å²) in [6.45, 7) is 6.50. The van der Waals surface area contributed by atoms with Gasteiger partial charge < -0.3 is 14.5 Å². The second-order valence-electron chi connectivity index (χ2n) is 10.2. The second-order valence-corrected chi connectivity index (χ2v) is 12.0. The van der Waals surface area contributed by atoms with E-state index in [0.717, 1.165) is 11.4 Å². The first-order valence-electron chi connectivity index (χ1n) is 13.0. The number of likely N-dealkylation sites (tertiary alicyclic amines) is 1. The van der Waals surface area contributed by atoms with Crippen molar-refractivity contribution in [1.29, 1.82) is 0 Å². The summed E-state index contributed by atoms with van der Waals surface area (Å²) in [6.07, 6.45) is 3.77. The summed E-state index contributed by atoms with van der Waals surface area (Å²) in [5.41, 5.74) is 2.58. The molecule has 39 heavy (non-hydrogen) atoms.